The molecule has 0 aromatic heterocycles. The molecule has 20 heavy (non-hydrogen) atoms. The zero-order chi connectivity index (χ0) is 14.4. The Bertz CT molecular complexity index is 543. The highest BCUT2D eigenvalue weighted by Gasteiger charge is 2.09. The summed E-state index contributed by atoms with van der Waals surface area (Å²) >= 11 is 0. The number of para-hydroxylation sites is 1. The lowest BCUT2D eigenvalue weighted by Crippen LogP contribution is -2.13. The smallest absolute Gasteiger partial charge is 0.124 e. The molecule has 0 bridgehead atoms. The number of rotatable bonds is 6. The standard InChI is InChI=1S/C16H18FNO2/c1-12(18)15-11-13(17)7-8-16(15)20-10-9-19-14-5-3-2-4-6-14/h2-8,11-12H,9-10,18H2,1H3/t12-/m1/s1. The Labute approximate surface area is 118 Å². The maximum absolute atomic E-state index is 13.2. The van der Waals surface area contributed by atoms with Crippen LogP contribution in [0.4, 0.5) is 4.39 Å². The molecule has 106 valence electrons. The fraction of sp³-hybridized carbons (Fsp3) is 0.250. The second kappa shape index (κ2) is 6.91. The van der Waals surface area contributed by atoms with Crippen LogP contribution in [0.25, 0.3) is 0 Å². The average molecular weight is 275 g/mol. The molecule has 0 fully saturated rings. The van der Waals surface area contributed by atoms with Gasteiger partial charge in [-0.1, -0.05) is 18.2 Å². The number of nitrogens with two attached hydrogens (primary N) is 1. The summed E-state index contributed by atoms with van der Waals surface area (Å²) in [6, 6.07) is 13.6. The monoisotopic (exact) mass is 275 g/mol. The van der Waals surface area contributed by atoms with Crippen LogP contribution >= 0.6 is 0 Å². The fourth-order valence-corrected chi connectivity index (χ4v) is 1.83. The van der Waals surface area contributed by atoms with E-state index in [1.54, 1.807) is 13.0 Å². The summed E-state index contributed by atoms with van der Waals surface area (Å²) < 4.78 is 24.3. The first-order chi connectivity index (χ1) is 9.66. The third kappa shape index (κ3) is 3.96. The van der Waals surface area contributed by atoms with Crippen molar-refractivity contribution in [2.24, 2.45) is 5.73 Å². The van der Waals surface area contributed by atoms with Gasteiger partial charge in [0.25, 0.3) is 0 Å². The lowest BCUT2D eigenvalue weighted by molar-refractivity contribution is 0.215. The lowest BCUT2D eigenvalue weighted by Gasteiger charge is -2.14. The van der Waals surface area contributed by atoms with E-state index in [2.05, 4.69) is 0 Å². The van der Waals surface area contributed by atoms with Crippen molar-refractivity contribution in [3.8, 4) is 11.5 Å². The van der Waals surface area contributed by atoms with E-state index < -0.39 is 0 Å². The predicted molar refractivity (Wildman–Crippen MR) is 76.4 cm³/mol. The summed E-state index contributed by atoms with van der Waals surface area (Å²) in [6.45, 7) is 2.59. The maximum atomic E-state index is 13.2. The number of hydrogen-bond donors (Lipinski definition) is 1. The van der Waals surface area contributed by atoms with Crippen molar-refractivity contribution in [3.63, 3.8) is 0 Å². The van der Waals surface area contributed by atoms with Gasteiger partial charge in [0, 0.05) is 11.6 Å². The molecule has 0 saturated carbocycles. The van der Waals surface area contributed by atoms with E-state index in [1.165, 1.54) is 12.1 Å². The summed E-state index contributed by atoms with van der Waals surface area (Å²) in [5.41, 5.74) is 6.46. The zero-order valence-electron chi connectivity index (χ0n) is 11.4. The Morgan fingerprint density at radius 1 is 1.05 bits per heavy atom. The van der Waals surface area contributed by atoms with Gasteiger partial charge in [-0.15, -0.1) is 0 Å². The number of ether oxygens (including phenoxy) is 2. The van der Waals surface area contributed by atoms with E-state index in [0.717, 1.165) is 5.75 Å². The van der Waals surface area contributed by atoms with Crippen molar-refractivity contribution >= 4 is 0 Å². The molecule has 0 saturated heterocycles. The topological polar surface area (TPSA) is 44.5 Å². The summed E-state index contributed by atoms with van der Waals surface area (Å²) in [4.78, 5) is 0. The minimum absolute atomic E-state index is 0.282. The van der Waals surface area contributed by atoms with Gasteiger partial charge >= 0.3 is 0 Å². The molecule has 0 aliphatic carbocycles. The Kier molecular flexibility index (Phi) is 4.96. The van der Waals surface area contributed by atoms with Gasteiger partial charge in [-0.2, -0.15) is 0 Å². The molecular weight excluding hydrogens is 257 g/mol. The van der Waals surface area contributed by atoms with Crippen LogP contribution in [0.15, 0.2) is 48.5 Å². The Morgan fingerprint density at radius 2 is 1.75 bits per heavy atom. The molecule has 2 rings (SSSR count). The molecule has 3 nitrogen and oxygen atoms in total. The summed E-state index contributed by atoms with van der Waals surface area (Å²) in [7, 11) is 0. The first-order valence-corrected chi connectivity index (χ1v) is 6.52. The van der Waals surface area contributed by atoms with Gasteiger partial charge in [-0.25, -0.2) is 4.39 Å². The van der Waals surface area contributed by atoms with Crippen LogP contribution in [-0.2, 0) is 0 Å². The van der Waals surface area contributed by atoms with Crippen molar-refractivity contribution in [2.45, 2.75) is 13.0 Å². The van der Waals surface area contributed by atoms with Crippen LogP contribution in [0, 0.1) is 5.82 Å². The van der Waals surface area contributed by atoms with Gasteiger partial charge in [-0.3, -0.25) is 0 Å². The van der Waals surface area contributed by atoms with E-state index in [4.69, 9.17) is 15.2 Å². The Balaban J connectivity index is 1.88. The number of benzene rings is 2. The van der Waals surface area contributed by atoms with Crippen LogP contribution < -0.4 is 15.2 Å². The van der Waals surface area contributed by atoms with E-state index in [-0.39, 0.29) is 11.9 Å². The molecule has 2 aromatic carbocycles. The van der Waals surface area contributed by atoms with E-state index in [0.29, 0.717) is 24.5 Å². The van der Waals surface area contributed by atoms with E-state index in [9.17, 15) is 4.39 Å². The van der Waals surface area contributed by atoms with Crippen LogP contribution in [0.2, 0.25) is 0 Å². The van der Waals surface area contributed by atoms with Crippen molar-refractivity contribution in [1.82, 2.24) is 0 Å². The largest absolute Gasteiger partial charge is 0.490 e. The average Bonchev–Trinajstić information content (AvgIpc) is 2.45. The normalized spacial score (nSPS) is 11.9. The zero-order valence-corrected chi connectivity index (χ0v) is 11.4. The minimum atomic E-state index is -0.315. The molecule has 4 heteroatoms. The number of halogens is 1. The highest BCUT2D eigenvalue weighted by molar-refractivity contribution is 5.36. The SMILES string of the molecule is C[C@@H](N)c1cc(F)ccc1OCCOc1ccccc1. The van der Waals surface area contributed by atoms with Crippen LogP contribution in [0.5, 0.6) is 11.5 Å². The molecule has 0 unspecified atom stereocenters. The second-order valence-electron chi connectivity index (χ2n) is 4.48. The highest BCUT2D eigenvalue weighted by atomic mass is 19.1. The molecule has 0 aliphatic heterocycles. The molecule has 0 radical (unpaired) electrons. The quantitative estimate of drug-likeness (QED) is 0.823. The van der Waals surface area contributed by atoms with Crippen molar-refractivity contribution < 1.29 is 13.9 Å². The molecule has 0 amide bonds. The molecule has 2 N–H and O–H groups in total. The third-order valence-electron chi connectivity index (χ3n) is 2.82. The molecule has 0 heterocycles. The van der Waals surface area contributed by atoms with Crippen LogP contribution in [0.1, 0.15) is 18.5 Å². The van der Waals surface area contributed by atoms with Crippen molar-refractivity contribution in [2.75, 3.05) is 13.2 Å². The van der Waals surface area contributed by atoms with Crippen LogP contribution in [-0.4, -0.2) is 13.2 Å². The molecule has 2 aromatic rings. The van der Waals surface area contributed by atoms with Gasteiger partial charge in [0.05, 0.1) is 0 Å². The predicted octanol–water partition coefficient (Wildman–Crippen LogP) is 3.30. The van der Waals surface area contributed by atoms with Crippen LogP contribution in [0.3, 0.4) is 0 Å². The minimum Gasteiger partial charge on any atom is -0.490 e. The van der Waals surface area contributed by atoms with Gasteiger partial charge in [0.1, 0.15) is 30.5 Å². The van der Waals surface area contributed by atoms with Crippen molar-refractivity contribution in [1.29, 1.82) is 0 Å². The van der Waals surface area contributed by atoms with E-state index in [1.807, 2.05) is 30.3 Å². The number of hydrogen-bond acceptors (Lipinski definition) is 3. The summed E-state index contributed by atoms with van der Waals surface area (Å²) in [5, 5.41) is 0. The highest BCUT2D eigenvalue weighted by Crippen LogP contribution is 2.24. The molecule has 1 atom stereocenters. The fourth-order valence-electron chi connectivity index (χ4n) is 1.83. The van der Waals surface area contributed by atoms with Gasteiger partial charge in [-0.05, 0) is 37.3 Å². The Hall–Kier alpha value is -2.07. The summed E-state index contributed by atoms with van der Waals surface area (Å²) in [6.07, 6.45) is 0. The van der Waals surface area contributed by atoms with E-state index >= 15 is 0 Å². The first-order valence-electron chi connectivity index (χ1n) is 6.52. The lowest BCUT2D eigenvalue weighted by atomic mass is 10.1. The molecule has 0 spiro atoms. The molecule has 0 aliphatic rings. The van der Waals surface area contributed by atoms with Crippen molar-refractivity contribution in [3.05, 3.63) is 59.9 Å². The Morgan fingerprint density at radius 3 is 2.45 bits per heavy atom. The first kappa shape index (κ1) is 14.3. The van der Waals surface area contributed by atoms with Gasteiger partial charge < -0.3 is 15.2 Å². The molecular formula is C16H18FNO2. The second-order valence-corrected chi connectivity index (χ2v) is 4.48. The van der Waals surface area contributed by atoms with Gasteiger partial charge in [0.15, 0.2) is 0 Å². The maximum Gasteiger partial charge on any atom is 0.124 e. The van der Waals surface area contributed by atoms with Gasteiger partial charge in [0.2, 0.25) is 0 Å². The third-order valence-corrected chi connectivity index (χ3v) is 2.82. The summed E-state index contributed by atoms with van der Waals surface area (Å²) in [5.74, 6) is 1.07.